The van der Waals surface area contributed by atoms with E-state index in [4.69, 9.17) is 0 Å². The third-order valence-corrected chi connectivity index (χ3v) is 2.67. The number of rotatable bonds is 2. The number of aliphatic imine (C=N–C) groups is 1. The molecule has 0 unspecified atom stereocenters. The lowest BCUT2D eigenvalue weighted by Gasteiger charge is -1.81. The van der Waals surface area contributed by atoms with Crippen LogP contribution in [0, 0.1) is 0 Å². The van der Waals surface area contributed by atoms with Crippen molar-refractivity contribution in [3.8, 4) is 0 Å². The third-order valence-electron chi connectivity index (χ3n) is 1.29. The molecule has 4 heteroatoms. The van der Waals surface area contributed by atoms with Crippen molar-refractivity contribution in [2.45, 2.75) is 0 Å². The zero-order chi connectivity index (χ0) is 8.23. The number of hydrogen-bond acceptors (Lipinski definition) is 4. The van der Waals surface area contributed by atoms with E-state index in [1.54, 1.807) is 17.5 Å². The van der Waals surface area contributed by atoms with Crippen LogP contribution in [0.15, 0.2) is 33.4 Å². The van der Waals surface area contributed by atoms with Gasteiger partial charge in [-0.25, -0.2) is 9.98 Å². The minimum Gasteiger partial charge on any atom is -0.227 e. The molecule has 2 heterocycles. The maximum Gasteiger partial charge on any atom is 0.208 e. The van der Waals surface area contributed by atoms with Crippen LogP contribution in [-0.4, -0.2) is 11.2 Å². The van der Waals surface area contributed by atoms with Gasteiger partial charge in [-0.05, 0) is 16.8 Å². The molecule has 60 valence electrons. The van der Waals surface area contributed by atoms with Crippen molar-refractivity contribution in [1.82, 2.24) is 4.98 Å². The Bertz CT molecular complexity index is 312. The molecule has 0 saturated carbocycles. The van der Waals surface area contributed by atoms with Gasteiger partial charge in [0, 0.05) is 23.4 Å². The number of aromatic nitrogens is 1. The molecule has 0 N–H and O–H groups in total. The molecular formula is C8H6N2S2. The smallest absolute Gasteiger partial charge is 0.208 e. The molecule has 2 rings (SSSR count). The van der Waals surface area contributed by atoms with Crippen LogP contribution >= 0.6 is 22.7 Å². The summed E-state index contributed by atoms with van der Waals surface area (Å²) in [6.07, 6.45) is 3.58. The van der Waals surface area contributed by atoms with Crippen molar-refractivity contribution in [3.63, 3.8) is 0 Å². The van der Waals surface area contributed by atoms with Gasteiger partial charge in [-0.2, -0.15) is 11.3 Å². The molecule has 0 fully saturated rings. The largest absolute Gasteiger partial charge is 0.227 e. The first-order valence-electron chi connectivity index (χ1n) is 3.41. The van der Waals surface area contributed by atoms with Crippen molar-refractivity contribution in [1.29, 1.82) is 0 Å². The molecule has 0 atom stereocenters. The lowest BCUT2D eigenvalue weighted by Crippen LogP contribution is -1.71. The summed E-state index contributed by atoms with van der Waals surface area (Å²) in [5, 5.41) is 6.81. The van der Waals surface area contributed by atoms with Gasteiger partial charge >= 0.3 is 0 Å². The summed E-state index contributed by atoms with van der Waals surface area (Å²) in [6.45, 7) is 0. The van der Waals surface area contributed by atoms with Crippen LogP contribution in [0.3, 0.4) is 0 Å². The highest BCUT2D eigenvalue weighted by Gasteiger charge is 1.89. The number of hydrogen-bond donors (Lipinski definition) is 0. The SMILES string of the molecule is C(=N\c1nccs1)/c1ccsc1. The Hall–Kier alpha value is -1.00. The van der Waals surface area contributed by atoms with Gasteiger partial charge in [0.05, 0.1) is 0 Å². The zero-order valence-electron chi connectivity index (χ0n) is 6.18. The van der Waals surface area contributed by atoms with E-state index < -0.39 is 0 Å². The lowest BCUT2D eigenvalue weighted by atomic mass is 10.4. The summed E-state index contributed by atoms with van der Waals surface area (Å²) >= 11 is 3.21. The van der Waals surface area contributed by atoms with E-state index in [1.807, 2.05) is 23.0 Å². The highest BCUT2D eigenvalue weighted by atomic mass is 32.1. The molecular weight excluding hydrogens is 188 g/mol. The average Bonchev–Trinajstić information content (AvgIpc) is 2.74. The van der Waals surface area contributed by atoms with Gasteiger partial charge in [-0.3, -0.25) is 0 Å². The molecule has 2 aromatic heterocycles. The molecule has 12 heavy (non-hydrogen) atoms. The van der Waals surface area contributed by atoms with Gasteiger partial charge in [0.25, 0.3) is 0 Å². The molecule has 0 radical (unpaired) electrons. The Kier molecular flexibility index (Phi) is 2.29. The first-order chi connectivity index (χ1) is 5.95. The van der Waals surface area contributed by atoms with Crippen molar-refractivity contribution in [2.75, 3.05) is 0 Å². The Morgan fingerprint density at radius 2 is 2.42 bits per heavy atom. The Morgan fingerprint density at radius 1 is 1.42 bits per heavy atom. The molecule has 0 spiro atoms. The highest BCUT2D eigenvalue weighted by Crippen LogP contribution is 2.14. The second-order valence-corrected chi connectivity index (χ2v) is 3.78. The van der Waals surface area contributed by atoms with Gasteiger partial charge in [0.15, 0.2) is 0 Å². The summed E-state index contributed by atoms with van der Waals surface area (Å²) in [7, 11) is 0. The molecule has 0 saturated heterocycles. The van der Waals surface area contributed by atoms with E-state index in [1.165, 1.54) is 11.3 Å². The van der Waals surface area contributed by atoms with Crippen molar-refractivity contribution >= 4 is 34.0 Å². The van der Waals surface area contributed by atoms with Crippen LogP contribution in [0.4, 0.5) is 5.13 Å². The van der Waals surface area contributed by atoms with Crippen molar-refractivity contribution < 1.29 is 0 Å². The Labute approximate surface area is 78.2 Å². The Morgan fingerprint density at radius 3 is 3.08 bits per heavy atom. The predicted octanol–water partition coefficient (Wildman–Crippen LogP) is 2.96. The first kappa shape index (κ1) is 7.64. The average molecular weight is 194 g/mol. The lowest BCUT2D eigenvalue weighted by molar-refractivity contribution is 1.36. The summed E-state index contributed by atoms with van der Waals surface area (Å²) in [5.41, 5.74) is 1.13. The fraction of sp³-hybridized carbons (Fsp3) is 0. The van der Waals surface area contributed by atoms with Gasteiger partial charge in [0.1, 0.15) is 0 Å². The van der Waals surface area contributed by atoms with E-state index in [-0.39, 0.29) is 0 Å². The molecule has 0 bridgehead atoms. The standard InChI is InChI=1S/C8H6N2S2/c1-3-11-6-7(1)5-10-8-9-2-4-12-8/h1-6H/b10-5+. The van der Waals surface area contributed by atoms with Crippen LogP contribution < -0.4 is 0 Å². The maximum absolute atomic E-state index is 4.20. The minimum atomic E-state index is 0.807. The third kappa shape index (κ3) is 1.78. The van der Waals surface area contributed by atoms with E-state index >= 15 is 0 Å². The fourth-order valence-corrected chi connectivity index (χ4v) is 1.85. The second-order valence-electron chi connectivity index (χ2n) is 2.13. The van der Waals surface area contributed by atoms with E-state index in [2.05, 4.69) is 15.4 Å². The summed E-state index contributed by atoms with van der Waals surface area (Å²) in [5.74, 6) is 0. The first-order valence-corrected chi connectivity index (χ1v) is 5.23. The molecule has 0 aliphatic heterocycles. The highest BCUT2D eigenvalue weighted by molar-refractivity contribution is 7.13. The Balaban J connectivity index is 2.14. The number of nitrogens with zero attached hydrogens (tertiary/aromatic N) is 2. The maximum atomic E-state index is 4.20. The van der Waals surface area contributed by atoms with Gasteiger partial charge in [-0.15, -0.1) is 11.3 Å². The van der Waals surface area contributed by atoms with Crippen LogP contribution in [0.25, 0.3) is 0 Å². The van der Waals surface area contributed by atoms with Crippen LogP contribution in [0.2, 0.25) is 0 Å². The topological polar surface area (TPSA) is 25.2 Å². The van der Waals surface area contributed by atoms with Crippen LogP contribution in [0.1, 0.15) is 5.56 Å². The summed E-state index contributed by atoms with van der Waals surface area (Å²) in [6, 6.07) is 2.03. The molecule has 0 amide bonds. The second kappa shape index (κ2) is 3.60. The van der Waals surface area contributed by atoms with Gasteiger partial charge < -0.3 is 0 Å². The zero-order valence-corrected chi connectivity index (χ0v) is 7.81. The molecule has 2 nitrogen and oxygen atoms in total. The number of thiophene rings is 1. The molecule has 2 aromatic rings. The van der Waals surface area contributed by atoms with E-state index in [0.29, 0.717) is 0 Å². The summed E-state index contributed by atoms with van der Waals surface area (Å²) < 4.78 is 0. The monoisotopic (exact) mass is 194 g/mol. The summed E-state index contributed by atoms with van der Waals surface area (Å²) in [4.78, 5) is 8.24. The molecule has 0 aromatic carbocycles. The molecule has 0 aliphatic rings. The number of thiazole rings is 1. The van der Waals surface area contributed by atoms with Crippen molar-refractivity contribution in [3.05, 3.63) is 34.0 Å². The quantitative estimate of drug-likeness (QED) is 0.675. The fourth-order valence-electron chi connectivity index (χ4n) is 0.758. The van der Waals surface area contributed by atoms with Crippen LogP contribution in [0.5, 0.6) is 0 Å². The van der Waals surface area contributed by atoms with Crippen molar-refractivity contribution in [2.24, 2.45) is 4.99 Å². The van der Waals surface area contributed by atoms with E-state index in [9.17, 15) is 0 Å². The minimum absolute atomic E-state index is 0.807. The van der Waals surface area contributed by atoms with E-state index in [0.717, 1.165) is 10.7 Å². The van der Waals surface area contributed by atoms with Crippen LogP contribution in [-0.2, 0) is 0 Å². The molecule has 0 aliphatic carbocycles. The predicted molar refractivity (Wildman–Crippen MR) is 53.7 cm³/mol. The van der Waals surface area contributed by atoms with Gasteiger partial charge in [-0.1, -0.05) is 0 Å². The normalized spacial score (nSPS) is 11.0. The van der Waals surface area contributed by atoms with Gasteiger partial charge in [0.2, 0.25) is 5.13 Å².